The van der Waals surface area contributed by atoms with Crippen molar-refractivity contribution in [1.29, 1.82) is 0 Å². The molecule has 2 aromatic carbocycles. The van der Waals surface area contributed by atoms with Gasteiger partial charge in [-0.05, 0) is 30.0 Å². The number of hydrogen-bond donors (Lipinski definition) is 1. The number of nitrogens with zero attached hydrogens (tertiary/aromatic N) is 1. The van der Waals surface area contributed by atoms with Crippen LogP contribution in [-0.4, -0.2) is 37.4 Å². The third-order valence-corrected chi connectivity index (χ3v) is 4.57. The van der Waals surface area contributed by atoms with Crippen LogP contribution >= 0.6 is 11.8 Å². The van der Waals surface area contributed by atoms with E-state index in [0.29, 0.717) is 33.9 Å². The van der Waals surface area contributed by atoms with Crippen LogP contribution in [0.2, 0.25) is 0 Å². The fraction of sp³-hybridized carbons (Fsp3) is 0.158. The van der Waals surface area contributed by atoms with Crippen molar-refractivity contribution in [3.05, 3.63) is 46.9 Å². The molecule has 0 saturated heterocycles. The Morgan fingerprint density at radius 1 is 1.11 bits per heavy atom. The predicted octanol–water partition coefficient (Wildman–Crippen LogP) is 4.07. The van der Waals surface area contributed by atoms with Gasteiger partial charge in [-0.3, -0.25) is 0 Å². The number of thioether (sulfide) groups is 1. The SMILES string of the molecule is COc1cc(OC)c(/C=C(\Sc2nc3ccccc3o2)C(=O)O)c(OC)c1. The zero-order valence-corrected chi connectivity index (χ0v) is 15.7. The van der Waals surface area contributed by atoms with Crippen LogP contribution in [0.1, 0.15) is 5.56 Å². The smallest absolute Gasteiger partial charge is 0.342 e. The number of carbonyl (C=O) groups is 1. The Hall–Kier alpha value is -3.13. The standard InChI is InChI=1S/C19H17NO6S/c1-23-11-8-15(24-2)12(16(9-11)25-3)10-17(18(21)22)27-19-20-13-6-4-5-7-14(13)26-19/h4-10H,1-3H3,(H,21,22)/b17-10-. The highest BCUT2D eigenvalue weighted by Gasteiger charge is 2.18. The number of methoxy groups -OCH3 is 3. The zero-order chi connectivity index (χ0) is 19.4. The molecular formula is C19H17NO6S. The van der Waals surface area contributed by atoms with Crippen LogP contribution in [0.15, 0.2) is 50.9 Å². The van der Waals surface area contributed by atoms with Gasteiger partial charge < -0.3 is 23.7 Å². The molecular weight excluding hydrogens is 370 g/mol. The number of ether oxygens (including phenoxy) is 3. The number of aliphatic carboxylic acids is 1. The van der Waals surface area contributed by atoms with Gasteiger partial charge in [0.05, 0.1) is 26.9 Å². The van der Waals surface area contributed by atoms with Crippen molar-refractivity contribution < 1.29 is 28.5 Å². The highest BCUT2D eigenvalue weighted by Crippen LogP contribution is 2.38. The minimum Gasteiger partial charge on any atom is -0.496 e. The van der Waals surface area contributed by atoms with Crippen LogP contribution in [0.3, 0.4) is 0 Å². The first-order valence-corrected chi connectivity index (χ1v) is 8.65. The maximum absolute atomic E-state index is 11.8. The van der Waals surface area contributed by atoms with E-state index in [1.807, 2.05) is 12.1 Å². The quantitative estimate of drug-likeness (QED) is 0.479. The van der Waals surface area contributed by atoms with Crippen molar-refractivity contribution >= 4 is 34.9 Å². The Morgan fingerprint density at radius 2 is 1.78 bits per heavy atom. The minimum absolute atomic E-state index is 0.00308. The molecule has 1 N–H and O–H groups in total. The summed E-state index contributed by atoms with van der Waals surface area (Å²) in [5, 5.41) is 9.87. The molecule has 3 rings (SSSR count). The first kappa shape index (κ1) is 18.7. The Morgan fingerprint density at radius 3 is 2.33 bits per heavy atom. The second kappa shape index (κ2) is 8.05. The Bertz CT molecular complexity index is 952. The average molecular weight is 387 g/mol. The Labute approximate surface area is 159 Å². The van der Waals surface area contributed by atoms with Gasteiger partial charge in [0.15, 0.2) is 5.58 Å². The molecule has 0 fully saturated rings. The highest BCUT2D eigenvalue weighted by atomic mass is 32.2. The third-order valence-electron chi connectivity index (χ3n) is 3.71. The van der Waals surface area contributed by atoms with E-state index in [2.05, 4.69) is 4.98 Å². The number of fused-ring (bicyclic) bond motifs is 1. The summed E-state index contributed by atoms with van der Waals surface area (Å²) in [6.45, 7) is 0. The number of carboxylic acid groups (broad SMARTS) is 1. The molecule has 27 heavy (non-hydrogen) atoms. The van der Waals surface area contributed by atoms with Crippen LogP contribution in [0.5, 0.6) is 17.2 Å². The van der Waals surface area contributed by atoms with Crippen molar-refractivity contribution in [2.75, 3.05) is 21.3 Å². The zero-order valence-electron chi connectivity index (χ0n) is 14.9. The van der Waals surface area contributed by atoms with Gasteiger partial charge >= 0.3 is 5.97 Å². The van der Waals surface area contributed by atoms with E-state index < -0.39 is 5.97 Å². The molecule has 7 nitrogen and oxygen atoms in total. The largest absolute Gasteiger partial charge is 0.496 e. The average Bonchev–Trinajstić information content (AvgIpc) is 3.09. The summed E-state index contributed by atoms with van der Waals surface area (Å²) in [6.07, 6.45) is 1.46. The maximum atomic E-state index is 11.8. The number of rotatable bonds is 7. The Kier molecular flexibility index (Phi) is 5.56. The first-order chi connectivity index (χ1) is 13.0. The van der Waals surface area contributed by atoms with Crippen molar-refractivity contribution in [2.24, 2.45) is 0 Å². The summed E-state index contributed by atoms with van der Waals surface area (Å²) in [5.74, 6) is 0.248. The number of benzene rings is 2. The summed E-state index contributed by atoms with van der Waals surface area (Å²) in [4.78, 5) is 16.1. The summed E-state index contributed by atoms with van der Waals surface area (Å²) in [5.41, 5.74) is 1.72. The van der Waals surface area contributed by atoms with Crippen LogP contribution in [0, 0.1) is 0 Å². The number of carboxylic acids is 1. The van der Waals surface area contributed by atoms with E-state index in [0.717, 1.165) is 11.8 Å². The molecule has 3 aromatic rings. The maximum Gasteiger partial charge on any atom is 0.342 e. The van der Waals surface area contributed by atoms with Crippen molar-refractivity contribution in [1.82, 2.24) is 4.98 Å². The lowest BCUT2D eigenvalue weighted by Crippen LogP contribution is -1.99. The second-order valence-corrected chi connectivity index (χ2v) is 6.30. The molecule has 1 heterocycles. The van der Waals surface area contributed by atoms with Gasteiger partial charge in [-0.2, -0.15) is 0 Å². The molecule has 0 unspecified atom stereocenters. The van der Waals surface area contributed by atoms with Gasteiger partial charge in [-0.25, -0.2) is 9.78 Å². The van der Waals surface area contributed by atoms with Crippen molar-refractivity contribution in [3.63, 3.8) is 0 Å². The molecule has 0 aliphatic carbocycles. The lowest BCUT2D eigenvalue weighted by atomic mass is 10.1. The third kappa shape index (κ3) is 4.01. The summed E-state index contributed by atoms with van der Waals surface area (Å²) >= 11 is 0.907. The summed E-state index contributed by atoms with van der Waals surface area (Å²) in [6, 6.07) is 10.5. The lowest BCUT2D eigenvalue weighted by Gasteiger charge is -2.13. The number of hydrogen-bond acceptors (Lipinski definition) is 7. The number of para-hydroxylation sites is 2. The van der Waals surface area contributed by atoms with E-state index in [1.165, 1.54) is 27.4 Å². The van der Waals surface area contributed by atoms with Crippen molar-refractivity contribution in [3.8, 4) is 17.2 Å². The topological polar surface area (TPSA) is 91.0 Å². The molecule has 0 aliphatic heterocycles. The fourth-order valence-electron chi connectivity index (χ4n) is 2.43. The van der Waals surface area contributed by atoms with Crippen LogP contribution < -0.4 is 14.2 Å². The fourth-order valence-corrected chi connectivity index (χ4v) is 3.16. The van der Waals surface area contributed by atoms with Gasteiger partial charge in [0.2, 0.25) is 0 Å². The van der Waals surface area contributed by atoms with Crippen LogP contribution in [-0.2, 0) is 4.79 Å². The van der Waals surface area contributed by atoms with Gasteiger partial charge in [-0.15, -0.1) is 0 Å². The molecule has 140 valence electrons. The van der Waals surface area contributed by atoms with Gasteiger partial charge in [0.1, 0.15) is 27.7 Å². The molecule has 8 heteroatoms. The lowest BCUT2D eigenvalue weighted by molar-refractivity contribution is -0.131. The summed E-state index contributed by atoms with van der Waals surface area (Å²) in [7, 11) is 4.50. The van der Waals surface area contributed by atoms with E-state index in [-0.39, 0.29) is 10.1 Å². The van der Waals surface area contributed by atoms with Crippen molar-refractivity contribution in [2.45, 2.75) is 5.22 Å². The van der Waals surface area contributed by atoms with E-state index >= 15 is 0 Å². The monoisotopic (exact) mass is 387 g/mol. The molecule has 0 saturated carbocycles. The van der Waals surface area contributed by atoms with Gasteiger partial charge in [0.25, 0.3) is 5.22 Å². The molecule has 0 aliphatic rings. The van der Waals surface area contributed by atoms with Gasteiger partial charge in [0, 0.05) is 12.1 Å². The first-order valence-electron chi connectivity index (χ1n) is 7.84. The van der Waals surface area contributed by atoms with E-state index in [9.17, 15) is 9.90 Å². The number of aromatic nitrogens is 1. The predicted molar refractivity (Wildman–Crippen MR) is 102 cm³/mol. The number of oxazole rings is 1. The van der Waals surface area contributed by atoms with E-state index in [4.69, 9.17) is 18.6 Å². The molecule has 1 aromatic heterocycles. The Balaban J connectivity index is 2.04. The molecule has 0 spiro atoms. The summed E-state index contributed by atoms with van der Waals surface area (Å²) < 4.78 is 21.5. The second-order valence-electron chi connectivity index (χ2n) is 5.31. The molecule has 0 bridgehead atoms. The molecule has 0 atom stereocenters. The molecule has 0 radical (unpaired) electrons. The highest BCUT2D eigenvalue weighted by molar-refractivity contribution is 8.03. The minimum atomic E-state index is -1.12. The van der Waals surface area contributed by atoms with Crippen LogP contribution in [0.4, 0.5) is 0 Å². The van der Waals surface area contributed by atoms with Crippen LogP contribution in [0.25, 0.3) is 17.2 Å². The van der Waals surface area contributed by atoms with Gasteiger partial charge in [-0.1, -0.05) is 12.1 Å². The molecule has 0 amide bonds. The van der Waals surface area contributed by atoms with E-state index in [1.54, 1.807) is 24.3 Å². The normalized spacial score (nSPS) is 11.4.